The molecule has 2 rings (SSSR count). The van der Waals surface area contributed by atoms with E-state index in [1.165, 1.54) is 0 Å². The second-order valence-corrected chi connectivity index (χ2v) is 7.58. The summed E-state index contributed by atoms with van der Waals surface area (Å²) in [4.78, 5) is 6.88. The summed E-state index contributed by atoms with van der Waals surface area (Å²) in [7, 11) is 6.68. The number of ether oxygens (including phenoxy) is 4. The number of aliphatic imine (C=N–C) groups is 1. The summed E-state index contributed by atoms with van der Waals surface area (Å²) in [6.07, 6.45) is 0.765. The minimum atomic E-state index is 0. The topological polar surface area (TPSA) is 76.6 Å². The van der Waals surface area contributed by atoms with Gasteiger partial charge in [0.1, 0.15) is 0 Å². The van der Waals surface area contributed by atoms with E-state index in [1.54, 1.807) is 28.4 Å². The molecule has 0 saturated carbocycles. The highest BCUT2D eigenvalue weighted by Crippen LogP contribution is 2.39. The number of nitrogens with one attached hydrogen (secondary N) is 2. The van der Waals surface area contributed by atoms with E-state index in [-0.39, 0.29) is 24.0 Å². The first kappa shape index (κ1) is 27.6. The van der Waals surface area contributed by atoms with Gasteiger partial charge in [-0.2, -0.15) is 0 Å². The molecule has 0 amide bonds. The Morgan fingerprint density at radius 3 is 2.29 bits per heavy atom. The number of guanidine groups is 1. The highest BCUT2D eigenvalue weighted by Gasteiger charge is 2.24. The van der Waals surface area contributed by atoms with Crippen LogP contribution >= 0.6 is 24.0 Å². The maximum atomic E-state index is 5.57. The molecule has 0 radical (unpaired) electrons. The van der Waals surface area contributed by atoms with Gasteiger partial charge >= 0.3 is 0 Å². The minimum Gasteiger partial charge on any atom is -0.493 e. The quantitative estimate of drug-likeness (QED) is 0.263. The lowest BCUT2D eigenvalue weighted by Gasteiger charge is -2.37. The number of nitrogens with zero attached hydrogens (tertiary/aromatic N) is 2. The van der Waals surface area contributed by atoms with Gasteiger partial charge in [0.05, 0.1) is 34.5 Å². The van der Waals surface area contributed by atoms with Crippen LogP contribution in [0.25, 0.3) is 0 Å². The van der Waals surface area contributed by atoms with Gasteiger partial charge in [-0.25, -0.2) is 0 Å². The van der Waals surface area contributed by atoms with E-state index >= 15 is 0 Å². The molecule has 1 heterocycles. The van der Waals surface area contributed by atoms with Crippen LogP contribution < -0.4 is 24.8 Å². The fraction of sp³-hybridized carbons (Fsp3) is 0.682. The Kier molecular flexibility index (Phi) is 13.0. The van der Waals surface area contributed by atoms with Crippen LogP contribution in [0.3, 0.4) is 0 Å². The molecular formula is C22H39IN4O4. The van der Waals surface area contributed by atoms with Crippen molar-refractivity contribution in [2.24, 2.45) is 10.9 Å². The lowest BCUT2D eigenvalue weighted by Crippen LogP contribution is -2.52. The second kappa shape index (κ2) is 14.6. The summed E-state index contributed by atoms with van der Waals surface area (Å²) in [6, 6.07) is 4.35. The van der Waals surface area contributed by atoms with Gasteiger partial charge in [-0.3, -0.25) is 9.89 Å². The van der Waals surface area contributed by atoms with E-state index in [4.69, 9.17) is 18.9 Å². The van der Waals surface area contributed by atoms with E-state index in [0.29, 0.717) is 29.2 Å². The Morgan fingerprint density at radius 2 is 1.74 bits per heavy atom. The van der Waals surface area contributed by atoms with Gasteiger partial charge in [0.15, 0.2) is 17.5 Å². The lowest BCUT2D eigenvalue weighted by molar-refractivity contribution is 0.00752. The van der Waals surface area contributed by atoms with Crippen LogP contribution in [0.4, 0.5) is 0 Å². The number of methoxy groups -OCH3 is 3. The van der Waals surface area contributed by atoms with E-state index in [1.807, 2.05) is 12.1 Å². The van der Waals surface area contributed by atoms with E-state index in [2.05, 4.69) is 34.4 Å². The lowest BCUT2D eigenvalue weighted by atomic mass is 10.0. The summed E-state index contributed by atoms with van der Waals surface area (Å²) in [5.74, 6) is 3.32. The summed E-state index contributed by atoms with van der Waals surface area (Å²) in [6.45, 7) is 9.67. The number of benzene rings is 1. The van der Waals surface area contributed by atoms with Crippen molar-refractivity contribution < 1.29 is 18.9 Å². The Morgan fingerprint density at radius 1 is 1.06 bits per heavy atom. The number of rotatable bonds is 10. The molecule has 0 bridgehead atoms. The van der Waals surface area contributed by atoms with E-state index < -0.39 is 0 Å². The van der Waals surface area contributed by atoms with Gasteiger partial charge < -0.3 is 29.6 Å². The van der Waals surface area contributed by atoms with Gasteiger partial charge in [0.2, 0.25) is 5.75 Å². The molecular weight excluding hydrogens is 511 g/mol. The third kappa shape index (κ3) is 7.87. The molecule has 1 saturated heterocycles. The summed E-state index contributed by atoms with van der Waals surface area (Å²) in [5, 5.41) is 6.88. The minimum absolute atomic E-state index is 0. The van der Waals surface area contributed by atoms with Gasteiger partial charge in [-0.1, -0.05) is 19.9 Å². The smallest absolute Gasteiger partial charge is 0.203 e. The molecule has 1 aromatic rings. The van der Waals surface area contributed by atoms with Crippen molar-refractivity contribution in [2.45, 2.75) is 26.3 Å². The average molecular weight is 550 g/mol. The first-order chi connectivity index (χ1) is 14.5. The molecule has 2 N–H and O–H groups in total. The van der Waals surface area contributed by atoms with Crippen LogP contribution in [0.2, 0.25) is 0 Å². The molecule has 1 atom stereocenters. The largest absolute Gasteiger partial charge is 0.493 e. The van der Waals surface area contributed by atoms with Crippen molar-refractivity contribution in [3.8, 4) is 17.2 Å². The maximum absolute atomic E-state index is 5.57. The molecule has 0 aromatic heterocycles. The molecule has 1 aliphatic heterocycles. The van der Waals surface area contributed by atoms with E-state index in [9.17, 15) is 0 Å². The zero-order valence-electron chi connectivity index (χ0n) is 19.7. The van der Waals surface area contributed by atoms with Gasteiger partial charge in [-0.15, -0.1) is 24.0 Å². The van der Waals surface area contributed by atoms with Crippen LogP contribution in [0.15, 0.2) is 17.1 Å². The fourth-order valence-corrected chi connectivity index (χ4v) is 3.79. The SMILES string of the molecule is CN=C(NCCc1ccc(OC)c(OC)c1OC)NCC(C(C)C)N1CCOCC1.I. The van der Waals surface area contributed by atoms with Crippen LogP contribution in [0.5, 0.6) is 17.2 Å². The molecule has 8 nitrogen and oxygen atoms in total. The average Bonchev–Trinajstić information content (AvgIpc) is 2.77. The number of hydrogen-bond acceptors (Lipinski definition) is 6. The number of morpholine rings is 1. The molecule has 178 valence electrons. The van der Waals surface area contributed by atoms with Gasteiger partial charge in [-0.05, 0) is 18.4 Å². The molecule has 1 fully saturated rings. The Labute approximate surface area is 204 Å². The van der Waals surface area contributed by atoms with Crippen molar-refractivity contribution in [3.05, 3.63) is 17.7 Å². The molecule has 1 aromatic carbocycles. The molecule has 0 spiro atoms. The van der Waals surface area contributed by atoms with Crippen molar-refractivity contribution in [1.82, 2.24) is 15.5 Å². The zero-order valence-corrected chi connectivity index (χ0v) is 22.0. The first-order valence-corrected chi connectivity index (χ1v) is 10.6. The van der Waals surface area contributed by atoms with Crippen LogP contribution in [-0.2, 0) is 11.2 Å². The maximum Gasteiger partial charge on any atom is 0.203 e. The summed E-state index contributed by atoms with van der Waals surface area (Å²) >= 11 is 0. The van der Waals surface area contributed by atoms with Crippen molar-refractivity contribution in [2.75, 3.05) is 67.8 Å². The molecule has 9 heteroatoms. The Balaban J connectivity index is 0.00000480. The van der Waals surface area contributed by atoms with Crippen LogP contribution in [-0.4, -0.2) is 84.7 Å². The molecule has 1 unspecified atom stereocenters. The number of hydrogen-bond donors (Lipinski definition) is 2. The normalized spacial score (nSPS) is 15.8. The number of halogens is 1. The monoisotopic (exact) mass is 550 g/mol. The van der Waals surface area contributed by atoms with Crippen molar-refractivity contribution in [1.29, 1.82) is 0 Å². The Hall–Kier alpha value is -1.46. The van der Waals surface area contributed by atoms with Crippen LogP contribution in [0, 0.1) is 5.92 Å². The second-order valence-electron chi connectivity index (χ2n) is 7.58. The van der Waals surface area contributed by atoms with Gasteiger partial charge in [0.25, 0.3) is 0 Å². The summed E-state index contributed by atoms with van der Waals surface area (Å²) in [5.41, 5.74) is 1.05. The highest BCUT2D eigenvalue weighted by molar-refractivity contribution is 14.0. The predicted molar refractivity (Wildman–Crippen MR) is 136 cm³/mol. The zero-order chi connectivity index (χ0) is 21.9. The molecule has 31 heavy (non-hydrogen) atoms. The third-order valence-corrected chi connectivity index (χ3v) is 5.46. The van der Waals surface area contributed by atoms with E-state index in [0.717, 1.165) is 57.3 Å². The standard InChI is InChI=1S/C22H38N4O4.HI/c1-16(2)18(26-11-13-30-14-12-26)15-25-22(23-3)24-10-9-17-7-8-19(27-4)21(29-6)20(17)28-5;/h7-8,16,18H,9-15H2,1-6H3,(H2,23,24,25);1H. The third-order valence-electron chi connectivity index (χ3n) is 5.46. The molecule has 1 aliphatic rings. The van der Waals surface area contributed by atoms with Crippen molar-refractivity contribution in [3.63, 3.8) is 0 Å². The fourth-order valence-electron chi connectivity index (χ4n) is 3.79. The highest BCUT2D eigenvalue weighted by atomic mass is 127. The Bertz CT molecular complexity index is 682. The van der Waals surface area contributed by atoms with Gasteiger partial charge in [0, 0.05) is 44.8 Å². The summed E-state index contributed by atoms with van der Waals surface area (Å²) < 4.78 is 21.9. The van der Waals surface area contributed by atoms with Crippen LogP contribution in [0.1, 0.15) is 19.4 Å². The van der Waals surface area contributed by atoms with Crippen molar-refractivity contribution >= 4 is 29.9 Å². The molecule has 0 aliphatic carbocycles. The first-order valence-electron chi connectivity index (χ1n) is 10.6. The predicted octanol–water partition coefficient (Wildman–Crippen LogP) is 2.39.